The van der Waals surface area contributed by atoms with Gasteiger partial charge in [-0.25, -0.2) is 0 Å². The minimum absolute atomic E-state index is 0.0664. The third-order valence-electron chi connectivity index (χ3n) is 3.06. The van der Waals surface area contributed by atoms with E-state index in [0.29, 0.717) is 0 Å². The molecule has 0 aliphatic rings. The fourth-order valence-corrected chi connectivity index (χ4v) is 2.43. The Morgan fingerprint density at radius 3 is 2.53 bits per heavy atom. The van der Waals surface area contributed by atoms with Gasteiger partial charge in [-0.1, -0.05) is 43.1 Å². The predicted molar refractivity (Wildman–Crippen MR) is 75.4 cm³/mol. The molecule has 1 aromatic carbocycles. The standard InChI is InChI=1S/C14H23ClN2/c1-4-5-10-17(3)14(11(2)16)12-8-6-7-9-13(12)15/h6-9,11,14H,4-5,10,16H2,1-3H3. The predicted octanol–water partition coefficient (Wildman–Crippen LogP) is 3.46. The largest absolute Gasteiger partial charge is 0.326 e. The topological polar surface area (TPSA) is 29.3 Å². The Hall–Kier alpha value is -0.570. The molecular formula is C14H23ClN2. The molecule has 0 bridgehead atoms. The first-order valence-corrected chi connectivity index (χ1v) is 6.66. The molecule has 2 unspecified atom stereocenters. The van der Waals surface area contributed by atoms with Crippen LogP contribution >= 0.6 is 11.6 Å². The van der Waals surface area contributed by atoms with Gasteiger partial charge in [0.25, 0.3) is 0 Å². The Labute approximate surface area is 110 Å². The Kier molecular flexibility index (Phi) is 5.96. The zero-order valence-corrected chi connectivity index (χ0v) is 11.7. The lowest BCUT2D eigenvalue weighted by Gasteiger charge is -2.32. The van der Waals surface area contributed by atoms with Crippen molar-refractivity contribution < 1.29 is 0 Å². The van der Waals surface area contributed by atoms with Gasteiger partial charge < -0.3 is 5.73 Å². The zero-order chi connectivity index (χ0) is 12.8. The van der Waals surface area contributed by atoms with Gasteiger partial charge in [0, 0.05) is 11.1 Å². The summed E-state index contributed by atoms with van der Waals surface area (Å²) in [5.41, 5.74) is 7.24. The van der Waals surface area contributed by atoms with Crippen LogP contribution in [0.4, 0.5) is 0 Å². The van der Waals surface area contributed by atoms with Crippen LogP contribution in [0.15, 0.2) is 24.3 Å². The second-order valence-corrected chi connectivity index (χ2v) is 5.07. The zero-order valence-electron chi connectivity index (χ0n) is 11.0. The maximum absolute atomic E-state index is 6.26. The molecule has 2 atom stereocenters. The quantitative estimate of drug-likeness (QED) is 0.843. The van der Waals surface area contributed by atoms with E-state index in [2.05, 4.69) is 24.9 Å². The molecule has 0 fully saturated rings. The number of rotatable bonds is 6. The monoisotopic (exact) mass is 254 g/mol. The molecule has 1 aromatic rings. The lowest BCUT2D eigenvalue weighted by molar-refractivity contribution is 0.216. The Morgan fingerprint density at radius 1 is 1.35 bits per heavy atom. The number of halogens is 1. The number of nitrogens with two attached hydrogens (primary N) is 1. The summed E-state index contributed by atoms with van der Waals surface area (Å²) in [6.07, 6.45) is 2.38. The van der Waals surface area contributed by atoms with E-state index in [4.69, 9.17) is 17.3 Å². The molecule has 17 heavy (non-hydrogen) atoms. The minimum Gasteiger partial charge on any atom is -0.326 e. The average molecular weight is 255 g/mol. The van der Waals surface area contributed by atoms with Gasteiger partial charge in [-0.3, -0.25) is 4.90 Å². The van der Waals surface area contributed by atoms with Gasteiger partial charge in [0.1, 0.15) is 0 Å². The third-order valence-corrected chi connectivity index (χ3v) is 3.41. The van der Waals surface area contributed by atoms with Gasteiger partial charge in [0.2, 0.25) is 0 Å². The number of hydrogen-bond donors (Lipinski definition) is 1. The number of likely N-dealkylation sites (N-methyl/N-ethyl adjacent to an activating group) is 1. The van der Waals surface area contributed by atoms with Crippen LogP contribution in [0.1, 0.15) is 38.3 Å². The number of hydrogen-bond acceptors (Lipinski definition) is 2. The first kappa shape index (κ1) is 14.5. The highest BCUT2D eigenvalue weighted by Crippen LogP contribution is 2.28. The SMILES string of the molecule is CCCCN(C)C(c1ccccc1Cl)C(C)N. The summed E-state index contributed by atoms with van der Waals surface area (Å²) in [5.74, 6) is 0. The summed E-state index contributed by atoms with van der Waals surface area (Å²) in [6.45, 7) is 5.29. The molecule has 0 aliphatic carbocycles. The highest BCUT2D eigenvalue weighted by atomic mass is 35.5. The molecule has 0 aliphatic heterocycles. The fourth-order valence-electron chi connectivity index (χ4n) is 2.18. The molecule has 0 heterocycles. The molecule has 0 spiro atoms. The highest BCUT2D eigenvalue weighted by molar-refractivity contribution is 6.31. The Balaban J connectivity index is 2.89. The molecule has 2 nitrogen and oxygen atoms in total. The number of unbranched alkanes of at least 4 members (excludes halogenated alkanes) is 1. The second-order valence-electron chi connectivity index (χ2n) is 4.66. The molecule has 1 rings (SSSR count). The second kappa shape index (κ2) is 7.00. The minimum atomic E-state index is 0.0664. The van der Waals surface area contributed by atoms with Crippen LogP contribution in [-0.2, 0) is 0 Å². The summed E-state index contributed by atoms with van der Waals surface area (Å²) >= 11 is 6.26. The maximum atomic E-state index is 6.26. The highest BCUT2D eigenvalue weighted by Gasteiger charge is 2.22. The summed E-state index contributed by atoms with van der Waals surface area (Å²) in [7, 11) is 2.12. The molecule has 96 valence electrons. The number of benzene rings is 1. The van der Waals surface area contributed by atoms with Crippen molar-refractivity contribution in [1.29, 1.82) is 0 Å². The van der Waals surface area contributed by atoms with Gasteiger partial charge in [0.05, 0.1) is 6.04 Å². The first-order chi connectivity index (χ1) is 8.07. The molecular weight excluding hydrogens is 232 g/mol. The Bertz CT molecular complexity index is 339. The Morgan fingerprint density at radius 2 is 2.00 bits per heavy atom. The summed E-state index contributed by atoms with van der Waals surface area (Å²) in [6, 6.07) is 8.23. The van der Waals surface area contributed by atoms with Crippen molar-refractivity contribution in [3.05, 3.63) is 34.9 Å². The van der Waals surface area contributed by atoms with E-state index in [1.807, 2.05) is 25.1 Å². The van der Waals surface area contributed by atoms with Crippen molar-refractivity contribution in [3.63, 3.8) is 0 Å². The third kappa shape index (κ3) is 3.98. The van der Waals surface area contributed by atoms with Crippen LogP contribution in [-0.4, -0.2) is 24.5 Å². The molecule has 0 saturated heterocycles. The van der Waals surface area contributed by atoms with Gasteiger partial charge in [-0.15, -0.1) is 0 Å². The van der Waals surface area contributed by atoms with Crippen LogP contribution in [0.2, 0.25) is 5.02 Å². The van der Waals surface area contributed by atoms with Crippen molar-refractivity contribution in [2.45, 2.75) is 38.8 Å². The molecule has 0 radical (unpaired) electrons. The fraction of sp³-hybridized carbons (Fsp3) is 0.571. The first-order valence-electron chi connectivity index (χ1n) is 6.28. The molecule has 2 N–H and O–H groups in total. The molecule has 0 aromatic heterocycles. The molecule has 0 saturated carbocycles. The smallest absolute Gasteiger partial charge is 0.0508 e. The van der Waals surface area contributed by atoms with Crippen molar-refractivity contribution >= 4 is 11.6 Å². The van der Waals surface area contributed by atoms with Crippen LogP contribution < -0.4 is 5.73 Å². The van der Waals surface area contributed by atoms with Gasteiger partial charge in [-0.05, 0) is 38.6 Å². The van der Waals surface area contributed by atoms with E-state index in [1.54, 1.807) is 0 Å². The van der Waals surface area contributed by atoms with Gasteiger partial charge in [-0.2, -0.15) is 0 Å². The van der Waals surface area contributed by atoms with Crippen LogP contribution in [0.5, 0.6) is 0 Å². The van der Waals surface area contributed by atoms with E-state index in [0.717, 1.165) is 17.1 Å². The number of nitrogens with zero attached hydrogens (tertiary/aromatic N) is 1. The van der Waals surface area contributed by atoms with Crippen molar-refractivity contribution in [2.75, 3.05) is 13.6 Å². The summed E-state index contributed by atoms with van der Waals surface area (Å²) in [4.78, 5) is 2.30. The van der Waals surface area contributed by atoms with Crippen molar-refractivity contribution in [3.8, 4) is 0 Å². The lowest BCUT2D eigenvalue weighted by atomic mass is 9.99. The van der Waals surface area contributed by atoms with Gasteiger partial charge >= 0.3 is 0 Å². The maximum Gasteiger partial charge on any atom is 0.0508 e. The normalized spacial score (nSPS) is 14.9. The van der Waals surface area contributed by atoms with E-state index in [1.165, 1.54) is 12.8 Å². The molecule has 0 amide bonds. The van der Waals surface area contributed by atoms with Crippen LogP contribution in [0.3, 0.4) is 0 Å². The van der Waals surface area contributed by atoms with Crippen molar-refractivity contribution in [1.82, 2.24) is 4.90 Å². The van der Waals surface area contributed by atoms with Crippen LogP contribution in [0.25, 0.3) is 0 Å². The van der Waals surface area contributed by atoms with Crippen LogP contribution in [0, 0.1) is 0 Å². The van der Waals surface area contributed by atoms with E-state index in [9.17, 15) is 0 Å². The van der Waals surface area contributed by atoms with Crippen molar-refractivity contribution in [2.24, 2.45) is 5.73 Å². The molecule has 3 heteroatoms. The summed E-state index contributed by atoms with van der Waals surface area (Å²) < 4.78 is 0. The summed E-state index contributed by atoms with van der Waals surface area (Å²) in [5, 5.41) is 0.804. The average Bonchev–Trinajstić information content (AvgIpc) is 2.29. The van der Waals surface area contributed by atoms with E-state index >= 15 is 0 Å². The van der Waals surface area contributed by atoms with E-state index < -0.39 is 0 Å². The lowest BCUT2D eigenvalue weighted by Crippen LogP contribution is -2.37. The van der Waals surface area contributed by atoms with Gasteiger partial charge in [0.15, 0.2) is 0 Å². The van der Waals surface area contributed by atoms with E-state index in [-0.39, 0.29) is 12.1 Å².